The number of amides is 3. The number of hydrogen-bond acceptors (Lipinski definition) is 7. The summed E-state index contributed by atoms with van der Waals surface area (Å²) in [5.41, 5.74) is 1.80. The standard InChI is InChI=1S/C28H23Cl3N2O6S/c1-3-38-19-7-5-18(6-8-19)32-25(34)14-33-27(35)24(40-28(33)36)13-17-11-22(31)26(23(12-17)37-2)39-15-16-4-9-20(29)21(30)10-16/h4-13H,3,14-15H2,1-2H3,(H,32,34)/b24-13+. The van der Waals surface area contributed by atoms with Crippen molar-refractivity contribution >= 4 is 75.4 Å². The van der Waals surface area contributed by atoms with E-state index in [1.54, 1.807) is 54.6 Å². The van der Waals surface area contributed by atoms with Crippen LogP contribution in [0.1, 0.15) is 18.1 Å². The predicted octanol–water partition coefficient (Wildman–Crippen LogP) is 7.31. The third-order valence-electron chi connectivity index (χ3n) is 5.54. The lowest BCUT2D eigenvalue weighted by Crippen LogP contribution is -2.36. The van der Waals surface area contributed by atoms with Crippen LogP contribution in [0.2, 0.25) is 15.1 Å². The maximum absolute atomic E-state index is 13.0. The fourth-order valence-electron chi connectivity index (χ4n) is 3.68. The summed E-state index contributed by atoms with van der Waals surface area (Å²) >= 11 is 19.2. The molecule has 1 saturated heterocycles. The highest BCUT2D eigenvalue weighted by molar-refractivity contribution is 8.18. The largest absolute Gasteiger partial charge is 0.494 e. The molecule has 3 amide bonds. The van der Waals surface area contributed by atoms with Gasteiger partial charge >= 0.3 is 0 Å². The molecule has 3 aromatic carbocycles. The number of ether oxygens (including phenoxy) is 3. The molecule has 0 radical (unpaired) electrons. The van der Waals surface area contributed by atoms with Crippen molar-refractivity contribution in [2.24, 2.45) is 0 Å². The van der Waals surface area contributed by atoms with Crippen molar-refractivity contribution in [3.63, 3.8) is 0 Å². The van der Waals surface area contributed by atoms with Crippen LogP contribution in [0, 0.1) is 0 Å². The molecule has 0 aliphatic carbocycles. The van der Waals surface area contributed by atoms with E-state index in [1.165, 1.54) is 13.2 Å². The Bertz CT molecular complexity index is 1480. The number of imide groups is 1. The van der Waals surface area contributed by atoms with Gasteiger partial charge in [0, 0.05) is 5.69 Å². The lowest BCUT2D eigenvalue weighted by molar-refractivity contribution is -0.127. The van der Waals surface area contributed by atoms with Crippen molar-refractivity contribution in [1.82, 2.24) is 4.90 Å². The average Bonchev–Trinajstić information content (AvgIpc) is 3.18. The number of carbonyl (C=O) groups is 3. The Morgan fingerprint density at radius 3 is 2.40 bits per heavy atom. The molecule has 1 heterocycles. The van der Waals surface area contributed by atoms with Gasteiger partial charge in [-0.15, -0.1) is 0 Å². The summed E-state index contributed by atoms with van der Waals surface area (Å²) in [5.74, 6) is 0.186. The number of carbonyl (C=O) groups excluding carboxylic acids is 3. The Hall–Kier alpha value is -3.37. The number of halogens is 3. The normalized spacial score (nSPS) is 14.0. The molecule has 0 saturated carbocycles. The summed E-state index contributed by atoms with van der Waals surface area (Å²) in [6, 6.07) is 15.1. The molecule has 40 heavy (non-hydrogen) atoms. The van der Waals surface area contributed by atoms with Crippen molar-refractivity contribution in [3.8, 4) is 17.2 Å². The van der Waals surface area contributed by atoms with Gasteiger partial charge in [-0.3, -0.25) is 19.3 Å². The zero-order valence-corrected chi connectivity index (χ0v) is 24.4. The van der Waals surface area contributed by atoms with Gasteiger partial charge in [-0.25, -0.2) is 0 Å². The van der Waals surface area contributed by atoms with E-state index < -0.39 is 23.6 Å². The lowest BCUT2D eigenvalue weighted by Gasteiger charge is -2.14. The van der Waals surface area contributed by atoms with Crippen LogP contribution in [0.4, 0.5) is 10.5 Å². The monoisotopic (exact) mass is 620 g/mol. The lowest BCUT2D eigenvalue weighted by atomic mass is 10.1. The van der Waals surface area contributed by atoms with Gasteiger partial charge in [0.15, 0.2) is 11.5 Å². The summed E-state index contributed by atoms with van der Waals surface area (Å²) in [7, 11) is 1.46. The third kappa shape index (κ3) is 7.22. The van der Waals surface area contributed by atoms with E-state index in [0.717, 1.165) is 22.2 Å². The minimum Gasteiger partial charge on any atom is -0.494 e. The molecule has 1 aliphatic heterocycles. The number of hydrogen-bond donors (Lipinski definition) is 1. The van der Waals surface area contributed by atoms with E-state index in [1.807, 2.05) is 6.92 Å². The number of nitrogens with one attached hydrogen (secondary N) is 1. The minimum atomic E-state index is -0.591. The summed E-state index contributed by atoms with van der Waals surface area (Å²) < 4.78 is 16.7. The van der Waals surface area contributed by atoms with Gasteiger partial charge in [0.25, 0.3) is 11.1 Å². The molecule has 1 N–H and O–H groups in total. The number of rotatable bonds is 10. The van der Waals surface area contributed by atoms with Crippen LogP contribution in [-0.4, -0.2) is 42.2 Å². The van der Waals surface area contributed by atoms with E-state index in [4.69, 9.17) is 49.0 Å². The first-order valence-corrected chi connectivity index (χ1v) is 13.9. The van der Waals surface area contributed by atoms with E-state index in [9.17, 15) is 14.4 Å². The van der Waals surface area contributed by atoms with Gasteiger partial charge in [-0.05, 0) is 84.4 Å². The first-order chi connectivity index (χ1) is 19.2. The number of methoxy groups -OCH3 is 1. The molecule has 0 atom stereocenters. The average molecular weight is 622 g/mol. The van der Waals surface area contributed by atoms with Gasteiger partial charge in [0.05, 0.1) is 33.7 Å². The summed E-state index contributed by atoms with van der Waals surface area (Å²) in [6.07, 6.45) is 1.51. The molecule has 1 fully saturated rings. The molecule has 0 bridgehead atoms. The van der Waals surface area contributed by atoms with Crippen LogP contribution < -0.4 is 19.5 Å². The Morgan fingerprint density at radius 1 is 0.975 bits per heavy atom. The molecule has 1 aliphatic rings. The molecule has 0 unspecified atom stereocenters. The highest BCUT2D eigenvalue weighted by atomic mass is 35.5. The predicted molar refractivity (Wildman–Crippen MR) is 158 cm³/mol. The fraction of sp³-hybridized carbons (Fsp3) is 0.179. The molecule has 12 heteroatoms. The van der Waals surface area contributed by atoms with Gasteiger partial charge in [-0.1, -0.05) is 40.9 Å². The van der Waals surface area contributed by atoms with Crippen molar-refractivity contribution in [2.45, 2.75) is 13.5 Å². The molecule has 208 valence electrons. The summed E-state index contributed by atoms with van der Waals surface area (Å²) in [5, 5.41) is 3.18. The van der Waals surface area contributed by atoms with E-state index in [0.29, 0.717) is 45.2 Å². The second kappa shape index (κ2) is 13.3. The Labute approximate surface area is 250 Å². The number of anilines is 1. The maximum Gasteiger partial charge on any atom is 0.294 e. The van der Waals surface area contributed by atoms with Crippen LogP contribution >= 0.6 is 46.6 Å². The number of thioether (sulfide) groups is 1. The Kier molecular flexibility index (Phi) is 9.86. The SMILES string of the molecule is CCOc1ccc(NC(=O)CN2C(=O)S/C(=C/c3cc(Cl)c(OCc4ccc(Cl)c(Cl)c4)c(OC)c3)C2=O)cc1. The second-order valence-corrected chi connectivity index (χ2v) is 10.6. The van der Waals surface area contributed by atoms with Crippen molar-refractivity contribution < 1.29 is 28.6 Å². The van der Waals surface area contributed by atoms with E-state index >= 15 is 0 Å². The Balaban J connectivity index is 1.43. The molecule has 8 nitrogen and oxygen atoms in total. The molecular formula is C28H23Cl3N2O6S. The fourth-order valence-corrected chi connectivity index (χ4v) is 5.11. The van der Waals surface area contributed by atoms with Gasteiger partial charge < -0.3 is 19.5 Å². The molecule has 0 aromatic heterocycles. The highest BCUT2D eigenvalue weighted by Gasteiger charge is 2.36. The molecular weight excluding hydrogens is 599 g/mol. The molecule has 0 spiro atoms. The smallest absolute Gasteiger partial charge is 0.294 e. The highest BCUT2D eigenvalue weighted by Crippen LogP contribution is 2.39. The number of benzene rings is 3. The van der Waals surface area contributed by atoms with E-state index in [2.05, 4.69) is 5.32 Å². The van der Waals surface area contributed by atoms with Gasteiger partial charge in [0.2, 0.25) is 5.91 Å². The first kappa shape index (κ1) is 29.6. The van der Waals surface area contributed by atoms with Crippen LogP contribution in [0.25, 0.3) is 6.08 Å². The van der Waals surface area contributed by atoms with Gasteiger partial charge in [-0.2, -0.15) is 0 Å². The minimum absolute atomic E-state index is 0.140. The quantitative estimate of drug-likeness (QED) is 0.237. The van der Waals surface area contributed by atoms with Crippen LogP contribution in [0.5, 0.6) is 17.2 Å². The second-order valence-electron chi connectivity index (χ2n) is 8.34. The number of nitrogens with zero attached hydrogens (tertiary/aromatic N) is 1. The maximum atomic E-state index is 13.0. The Morgan fingerprint density at radius 2 is 1.73 bits per heavy atom. The molecule has 3 aromatic rings. The van der Waals surface area contributed by atoms with Crippen molar-refractivity contribution in [2.75, 3.05) is 25.6 Å². The summed E-state index contributed by atoms with van der Waals surface area (Å²) in [6.45, 7) is 2.12. The zero-order chi connectivity index (χ0) is 28.8. The van der Waals surface area contributed by atoms with Gasteiger partial charge in [0.1, 0.15) is 18.9 Å². The third-order valence-corrected chi connectivity index (χ3v) is 7.47. The summed E-state index contributed by atoms with van der Waals surface area (Å²) in [4.78, 5) is 39.0. The zero-order valence-electron chi connectivity index (χ0n) is 21.3. The van der Waals surface area contributed by atoms with Crippen LogP contribution in [-0.2, 0) is 16.2 Å². The van der Waals surface area contributed by atoms with Crippen molar-refractivity contribution in [1.29, 1.82) is 0 Å². The topological polar surface area (TPSA) is 94.2 Å². The van der Waals surface area contributed by atoms with Crippen molar-refractivity contribution in [3.05, 3.63) is 85.7 Å². The van der Waals surface area contributed by atoms with E-state index in [-0.39, 0.29) is 16.5 Å². The first-order valence-electron chi connectivity index (χ1n) is 11.9. The van der Waals surface area contributed by atoms with Crippen LogP contribution in [0.15, 0.2) is 59.5 Å². The molecule has 4 rings (SSSR count). The van der Waals surface area contributed by atoms with Crippen LogP contribution in [0.3, 0.4) is 0 Å².